The Hall–Kier alpha value is -5.11. The highest BCUT2D eigenvalue weighted by Crippen LogP contribution is 2.60. The lowest BCUT2D eigenvalue weighted by atomic mass is 9.95. The fourth-order valence-electron chi connectivity index (χ4n) is 6.35. The molecule has 0 bridgehead atoms. The standard InChI is InChI=1S/C38H34Cl2N2O10S/c1-7-49-35(45)30-19(2)41-37-42(32(30)21-11-13-24(27(17-21)48-6)51-34(44)25-9-8-14-50-25)33(43)28(53-37)16-20-10-12-23(26(15-20)47-5)52-36(46)31-22(18-29(39)40)38(31,3)4/h8-18,22,31-32H,7H2,1-6H3/b28-16-/t22-,31-,32-/m1/s1. The minimum atomic E-state index is -0.966. The fraction of sp³-hybridized carbons (Fsp3) is 0.289. The molecule has 0 N–H and O–H groups in total. The van der Waals surface area contributed by atoms with Gasteiger partial charge >= 0.3 is 17.9 Å². The molecule has 0 saturated heterocycles. The first-order valence-corrected chi connectivity index (χ1v) is 17.9. The maximum Gasteiger partial charge on any atom is 0.379 e. The third-order valence-corrected chi connectivity index (χ3v) is 10.3. The van der Waals surface area contributed by atoms with Gasteiger partial charge in [-0.15, -0.1) is 0 Å². The molecular weight excluding hydrogens is 747 g/mol. The van der Waals surface area contributed by atoms with Crippen molar-refractivity contribution < 1.29 is 42.5 Å². The number of hydrogen-bond acceptors (Lipinski definition) is 12. The van der Waals surface area contributed by atoms with Crippen LogP contribution in [-0.2, 0) is 14.3 Å². The summed E-state index contributed by atoms with van der Waals surface area (Å²) in [4.78, 5) is 58.3. The zero-order valence-corrected chi connectivity index (χ0v) is 31.8. The number of furan rings is 1. The molecule has 1 fully saturated rings. The van der Waals surface area contributed by atoms with Crippen molar-refractivity contribution in [2.45, 2.75) is 33.7 Å². The first kappa shape index (κ1) is 37.6. The molecule has 2 aromatic heterocycles. The molecule has 53 heavy (non-hydrogen) atoms. The van der Waals surface area contributed by atoms with E-state index in [0.29, 0.717) is 26.2 Å². The van der Waals surface area contributed by atoms with Crippen LogP contribution >= 0.6 is 34.5 Å². The second-order valence-electron chi connectivity index (χ2n) is 12.7. The van der Waals surface area contributed by atoms with Gasteiger partial charge in [0.05, 0.1) is 54.9 Å². The molecule has 0 unspecified atom stereocenters. The number of ether oxygens (including phenoxy) is 5. The van der Waals surface area contributed by atoms with Gasteiger partial charge in [-0.3, -0.25) is 14.2 Å². The highest BCUT2D eigenvalue weighted by Gasteiger charge is 2.61. The monoisotopic (exact) mass is 780 g/mol. The normalized spacial score (nSPS) is 18.7. The molecule has 3 heterocycles. The summed E-state index contributed by atoms with van der Waals surface area (Å²) in [5, 5.41) is 0. The van der Waals surface area contributed by atoms with Gasteiger partial charge in [0.15, 0.2) is 27.8 Å². The summed E-state index contributed by atoms with van der Waals surface area (Å²) in [5.74, 6) is -1.66. The predicted molar refractivity (Wildman–Crippen MR) is 196 cm³/mol. The van der Waals surface area contributed by atoms with E-state index in [0.717, 1.165) is 11.3 Å². The van der Waals surface area contributed by atoms with Crippen molar-refractivity contribution in [3.8, 4) is 23.0 Å². The van der Waals surface area contributed by atoms with Crippen molar-refractivity contribution in [1.29, 1.82) is 0 Å². The Bertz CT molecular complexity index is 2350. The van der Waals surface area contributed by atoms with Crippen LogP contribution in [-0.4, -0.2) is 43.3 Å². The number of esters is 3. The molecule has 276 valence electrons. The van der Waals surface area contributed by atoms with Crippen molar-refractivity contribution in [1.82, 2.24) is 4.57 Å². The number of methoxy groups -OCH3 is 2. The smallest absolute Gasteiger partial charge is 0.379 e. The highest BCUT2D eigenvalue weighted by atomic mass is 35.5. The number of allylic oxidation sites excluding steroid dienone is 2. The van der Waals surface area contributed by atoms with Crippen LogP contribution < -0.4 is 33.8 Å². The summed E-state index contributed by atoms with van der Waals surface area (Å²) in [7, 11) is 2.85. The summed E-state index contributed by atoms with van der Waals surface area (Å²) >= 11 is 12.8. The van der Waals surface area contributed by atoms with Crippen LogP contribution in [0, 0.1) is 17.3 Å². The van der Waals surface area contributed by atoms with Crippen LogP contribution in [0.2, 0.25) is 0 Å². The van der Waals surface area contributed by atoms with E-state index < -0.39 is 35.4 Å². The number of nitrogens with zero attached hydrogens (tertiary/aromatic N) is 2. The van der Waals surface area contributed by atoms with Crippen LogP contribution in [0.25, 0.3) is 6.08 Å². The summed E-state index contributed by atoms with van der Waals surface area (Å²) in [6.07, 6.45) is 4.65. The van der Waals surface area contributed by atoms with Crippen LogP contribution in [0.4, 0.5) is 0 Å². The maximum atomic E-state index is 14.2. The number of rotatable bonds is 11. The van der Waals surface area contributed by atoms with Gasteiger partial charge in [-0.2, -0.15) is 0 Å². The second kappa shape index (κ2) is 15.1. The van der Waals surface area contributed by atoms with E-state index in [9.17, 15) is 19.2 Å². The van der Waals surface area contributed by atoms with Crippen molar-refractivity contribution in [3.05, 3.63) is 113 Å². The number of hydrogen-bond donors (Lipinski definition) is 0. The van der Waals surface area contributed by atoms with Crippen LogP contribution in [0.5, 0.6) is 23.0 Å². The lowest BCUT2D eigenvalue weighted by Gasteiger charge is -2.25. The molecule has 6 rings (SSSR count). The van der Waals surface area contributed by atoms with E-state index in [4.69, 9.17) is 51.3 Å². The largest absolute Gasteiger partial charge is 0.493 e. The van der Waals surface area contributed by atoms with Gasteiger partial charge in [0.1, 0.15) is 4.49 Å². The van der Waals surface area contributed by atoms with E-state index in [1.54, 1.807) is 62.4 Å². The lowest BCUT2D eigenvalue weighted by Crippen LogP contribution is -2.40. The van der Waals surface area contributed by atoms with E-state index in [-0.39, 0.29) is 56.8 Å². The number of fused-ring (bicyclic) bond motifs is 1. The summed E-state index contributed by atoms with van der Waals surface area (Å²) < 4.78 is 34.7. The van der Waals surface area contributed by atoms with Gasteiger partial charge < -0.3 is 28.1 Å². The van der Waals surface area contributed by atoms with E-state index >= 15 is 0 Å². The topological polar surface area (TPSA) is 145 Å². The molecular formula is C38H34Cl2N2O10S. The number of thiazole rings is 1. The van der Waals surface area contributed by atoms with Crippen LogP contribution in [0.1, 0.15) is 55.4 Å². The van der Waals surface area contributed by atoms with Crippen molar-refractivity contribution in [2.75, 3.05) is 20.8 Å². The van der Waals surface area contributed by atoms with Gasteiger partial charge in [-0.05, 0) is 84.9 Å². The Labute approximate surface area is 317 Å². The molecule has 1 aliphatic carbocycles. The van der Waals surface area contributed by atoms with Crippen LogP contribution in [0.3, 0.4) is 0 Å². The van der Waals surface area contributed by atoms with E-state index in [2.05, 4.69) is 4.99 Å². The molecule has 2 aromatic carbocycles. The molecule has 1 saturated carbocycles. The Kier molecular flexibility index (Phi) is 10.7. The third kappa shape index (κ3) is 7.41. The average Bonchev–Trinajstić information content (AvgIpc) is 3.47. The number of carbonyl (C=O) groups excluding carboxylic acids is 3. The summed E-state index contributed by atoms with van der Waals surface area (Å²) in [6.45, 7) is 7.32. The molecule has 12 nitrogen and oxygen atoms in total. The zero-order chi connectivity index (χ0) is 38.2. The van der Waals surface area contributed by atoms with Gasteiger partial charge in [-0.1, -0.05) is 60.5 Å². The van der Waals surface area contributed by atoms with Gasteiger partial charge in [0, 0.05) is 0 Å². The SMILES string of the molecule is CCOC(=O)C1=C(C)N=c2s/c(=C\c3ccc(OC(=O)[C@H]4[C@@H](C=C(Cl)Cl)C4(C)C)c(OC)c3)c(=O)n2[C@@H]1c1ccc(OC(=O)c2ccco2)c(OC)c1. The molecule has 2 aliphatic rings. The number of aromatic nitrogens is 1. The molecule has 0 spiro atoms. The molecule has 0 amide bonds. The van der Waals surface area contributed by atoms with Gasteiger partial charge in [0.2, 0.25) is 5.76 Å². The van der Waals surface area contributed by atoms with Gasteiger partial charge in [-0.25, -0.2) is 14.6 Å². The van der Waals surface area contributed by atoms with Crippen LogP contribution in [0.15, 0.2) is 90.8 Å². The Morgan fingerprint density at radius 3 is 2.34 bits per heavy atom. The molecule has 1 aliphatic heterocycles. The Morgan fingerprint density at radius 2 is 1.68 bits per heavy atom. The Morgan fingerprint density at radius 1 is 0.981 bits per heavy atom. The quantitative estimate of drug-likeness (QED) is 0.129. The number of carbonyl (C=O) groups is 3. The van der Waals surface area contributed by atoms with E-state index in [1.165, 1.54) is 37.2 Å². The van der Waals surface area contributed by atoms with Gasteiger partial charge in [0.25, 0.3) is 5.56 Å². The number of benzene rings is 2. The van der Waals surface area contributed by atoms with Crippen molar-refractivity contribution in [3.63, 3.8) is 0 Å². The lowest BCUT2D eigenvalue weighted by molar-refractivity contribution is -0.139. The minimum absolute atomic E-state index is 0.00153. The highest BCUT2D eigenvalue weighted by molar-refractivity contribution is 7.07. The van der Waals surface area contributed by atoms with E-state index in [1.807, 2.05) is 13.8 Å². The zero-order valence-electron chi connectivity index (χ0n) is 29.4. The minimum Gasteiger partial charge on any atom is -0.493 e. The average molecular weight is 782 g/mol. The molecule has 15 heteroatoms. The first-order valence-electron chi connectivity index (χ1n) is 16.3. The summed E-state index contributed by atoms with van der Waals surface area (Å²) in [6, 6.07) is 11.7. The maximum absolute atomic E-state index is 14.2. The molecule has 3 atom stereocenters. The fourth-order valence-corrected chi connectivity index (χ4v) is 7.66. The molecule has 4 aromatic rings. The third-order valence-electron chi connectivity index (χ3n) is 9.11. The second-order valence-corrected chi connectivity index (χ2v) is 14.7. The Balaban J connectivity index is 1.36. The van der Waals surface area contributed by atoms with Crippen molar-refractivity contribution >= 4 is 58.5 Å². The van der Waals surface area contributed by atoms with Crippen molar-refractivity contribution in [2.24, 2.45) is 22.2 Å². The predicted octanol–water partition coefficient (Wildman–Crippen LogP) is 6.12. The number of halogens is 2. The molecule has 0 radical (unpaired) electrons. The first-order chi connectivity index (χ1) is 25.3. The summed E-state index contributed by atoms with van der Waals surface area (Å²) in [5.41, 5.74) is 0.773.